The van der Waals surface area contributed by atoms with E-state index in [4.69, 9.17) is 0 Å². The van der Waals surface area contributed by atoms with Crippen molar-refractivity contribution in [3.63, 3.8) is 0 Å². The Labute approximate surface area is 87.1 Å². The van der Waals surface area contributed by atoms with Crippen molar-refractivity contribution in [2.75, 3.05) is 0 Å². The van der Waals surface area contributed by atoms with Crippen LogP contribution in [0, 0.1) is 0 Å². The van der Waals surface area contributed by atoms with Gasteiger partial charge in [0, 0.05) is 21.1 Å². The minimum absolute atomic E-state index is 0. The summed E-state index contributed by atoms with van der Waals surface area (Å²) in [6.07, 6.45) is 0. The van der Waals surface area contributed by atoms with Crippen molar-refractivity contribution in [3.8, 4) is 0 Å². The van der Waals surface area contributed by atoms with Gasteiger partial charge in [-0.2, -0.15) is 0 Å². The maximum atomic E-state index is 0. The molecule has 0 aliphatic carbocycles. The Bertz CT molecular complexity index is 7.51. The predicted molar refractivity (Wildman–Crippen MR) is 8.50 cm³/mol. The summed E-state index contributed by atoms with van der Waals surface area (Å²) in [6, 6.07) is 0. The standard InChI is InChI=1S/4O.Sr.W/q4*-2;+2;. The molecule has 0 N–H and O–H groups in total. The fourth-order valence-corrected chi connectivity index (χ4v) is 0. The quantitative estimate of drug-likeness (QED) is 0.513. The zero-order chi connectivity index (χ0) is 0. The minimum Gasteiger partial charge on any atom is -2.00 e. The SMILES string of the molecule is [O-2].[O-2].[O-2].[O-2].[Sr+2].[W]. The van der Waals surface area contributed by atoms with Crippen molar-refractivity contribution in [2.24, 2.45) is 0 Å². The van der Waals surface area contributed by atoms with Crippen LogP contribution in [-0.2, 0) is 43.0 Å². The molecule has 0 unspecified atom stereocenters. The van der Waals surface area contributed by atoms with Crippen molar-refractivity contribution >= 4 is 45.5 Å². The van der Waals surface area contributed by atoms with Crippen LogP contribution in [0.4, 0.5) is 0 Å². The molecule has 38 valence electrons. The first kappa shape index (κ1) is 97.5. The van der Waals surface area contributed by atoms with Gasteiger partial charge < -0.3 is 21.9 Å². The molecule has 6 heavy (non-hydrogen) atoms. The third kappa shape index (κ3) is 37.4. The van der Waals surface area contributed by atoms with Crippen LogP contribution in [-0.4, -0.2) is 45.5 Å². The van der Waals surface area contributed by atoms with Gasteiger partial charge >= 0.3 is 45.5 Å². The van der Waals surface area contributed by atoms with Gasteiger partial charge in [0.05, 0.1) is 0 Å². The number of hydrogen-bond acceptors (Lipinski definition) is 0. The molecule has 6 heteroatoms. The molecule has 0 saturated heterocycles. The molecule has 0 bridgehead atoms. The summed E-state index contributed by atoms with van der Waals surface area (Å²) >= 11 is 0. The average molecular weight is 335 g/mol. The third-order valence-corrected chi connectivity index (χ3v) is 0. The van der Waals surface area contributed by atoms with Crippen molar-refractivity contribution in [3.05, 3.63) is 0 Å². The van der Waals surface area contributed by atoms with Gasteiger partial charge in [-0.1, -0.05) is 0 Å². The number of hydrogen-bond donors (Lipinski definition) is 0. The zero-order valence-corrected chi connectivity index (χ0v) is 9.16. The Kier molecular flexibility index (Phi) is 1020. The van der Waals surface area contributed by atoms with E-state index in [9.17, 15) is 0 Å². The second-order valence-electron chi connectivity index (χ2n) is 0. The van der Waals surface area contributed by atoms with Crippen LogP contribution in [0.3, 0.4) is 0 Å². The summed E-state index contributed by atoms with van der Waals surface area (Å²) in [6.45, 7) is 0. The summed E-state index contributed by atoms with van der Waals surface area (Å²) < 4.78 is 0. The summed E-state index contributed by atoms with van der Waals surface area (Å²) in [5.74, 6) is 0. The molecule has 0 rings (SSSR count). The van der Waals surface area contributed by atoms with Crippen molar-refractivity contribution < 1.29 is 43.0 Å². The zero-order valence-electron chi connectivity index (χ0n) is 2.75. The molecule has 0 saturated carbocycles. The molecular formula is O4SrW-6. The van der Waals surface area contributed by atoms with Crippen LogP contribution >= 0.6 is 0 Å². The normalized spacial score (nSPS) is 0. The fourth-order valence-electron chi connectivity index (χ4n) is 0. The van der Waals surface area contributed by atoms with E-state index in [2.05, 4.69) is 0 Å². The Morgan fingerprint density at radius 3 is 0.500 bits per heavy atom. The molecule has 0 aromatic carbocycles. The first-order valence-corrected chi connectivity index (χ1v) is 0. The van der Waals surface area contributed by atoms with E-state index in [1.807, 2.05) is 0 Å². The monoisotopic (exact) mass is 336 g/mol. The van der Waals surface area contributed by atoms with Crippen LogP contribution in [0.1, 0.15) is 0 Å². The van der Waals surface area contributed by atoms with Gasteiger partial charge in [-0.3, -0.25) is 0 Å². The van der Waals surface area contributed by atoms with Crippen LogP contribution in [0.5, 0.6) is 0 Å². The summed E-state index contributed by atoms with van der Waals surface area (Å²) in [5.41, 5.74) is 0. The Morgan fingerprint density at radius 1 is 0.500 bits per heavy atom. The summed E-state index contributed by atoms with van der Waals surface area (Å²) in [4.78, 5) is 0. The summed E-state index contributed by atoms with van der Waals surface area (Å²) in [7, 11) is 0. The smallest absolute Gasteiger partial charge is 2.00 e. The van der Waals surface area contributed by atoms with Crippen LogP contribution in [0.15, 0.2) is 0 Å². The second-order valence-corrected chi connectivity index (χ2v) is 0. The van der Waals surface area contributed by atoms with Gasteiger partial charge in [0.25, 0.3) is 0 Å². The Hall–Kier alpha value is 2.01. The molecule has 0 amide bonds. The maximum absolute atomic E-state index is 0. The Morgan fingerprint density at radius 2 is 0.500 bits per heavy atom. The molecule has 0 heterocycles. The van der Waals surface area contributed by atoms with Gasteiger partial charge in [0.2, 0.25) is 0 Å². The fraction of sp³-hybridized carbons (Fsp3) is 0. The molecule has 4 nitrogen and oxygen atoms in total. The van der Waals surface area contributed by atoms with Gasteiger partial charge in [-0.15, -0.1) is 0 Å². The predicted octanol–water partition coefficient (Wildman–Crippen LogP) is -0.859. The summed E-state index contributed by atoms with van der Waals surface area (Å²) in [5, 5.41) is 0. The molecule has 0 atom stereocenters. The van der Waals surface area contributed by atoms with E-state index in [-0.39, 0.29) is 88.5 Å². The van der Waals surface area contributed by atoms with Crippen LogP contribution in [0.25, 0.3) is 0 Å². The van der Waals surface area contributed by atoms with Crippen molar-refractivity contribution in [1.29, 1.82) is 0 Å². The van der Waals surface area contributed by atoms with Gasteiger partial charge in [-0.05, 0) is 0 Å². The molecule has 0 fully saturated rings. The second kappa shape index (κ2) is 62.7. The maximum Gasteiger partial charge on any atom is 2.00 e. The van der Waals surface area contributed by atoms with Crippen molar-refractivity contribution in [2.45, 2.75) is 0 Å². The largest absolute Gasteiger partial charge is 2.00 e. The average Bonchev–Trinajstić information content (AvgIpc) is 0. The molecule has 0 spiro atoms. The topological polar surface area (TPSA) is 114 Å². The van der Waals surface area contributed by atoms with E-state index in [1.165, 1.54) is 0 Å². The first-order valence-electron chi connectivity index (χ1n) is 0. The third-order valence-electron chi connectivity index (χ3n) is 0. The van der Waals surface area contributed by atoms with Gasteiger partial charge in [0.15, 0.2) is 0 Å². The first-order chi connectivity index (χ1) is 0. The molecular weight excluding hydrogens is 335 g/mol. The van der Waals surface area contributed by atoms with Crippen LogP contribution in [0.2, 0.25) is 0 Å². The molecule has 0 aromatic rings. The van der Waals surface area contributed by atoms with E-state index in [0.29, 0.717) is 0 Å². The number of rotatable bonds is 0. The van der Waals surface area contributed by atoms with E-state index >= 15 is 0 Å². The van der Waals surface area contributed by atoms with Gasteiger partial charge in [-0.25, -0.2) is 0 Å². The van der Waals surface area contributed by atoms with E-state index in [1.54, 1.807) is 0 Å². The van der Waals surface area contributed by atoms with Crippen LogP contribution < -0.4 is 0 Å². The Balaban J connectivity index is 0. The molecule has 0 aliphatic heterocycles. The molecule has 0 aliphatic rings. The minimum atomic E-state index is 0. The molecule has 0 radical (unpaired) electrons. The van der Waals surface area contributed by atoms with E-state index < -0.39 is 0 Å². The molecule has 0 aromatic heterocycles. The van der Waals surface area contributed by atoms with Gasteiger partial charge in [0.1, 0.15) is 0 Å². The van der Waals surface area contributed by atoms with Crippen molar-refractivity contribution in [1.82, 2.24) is 0 Å². The van der Waals surface area contributed by atoms with E-state index in [0.717, 1.165) is 0 Å².